The summed E-state index contributed by atoms with van der Waals surface area (Å²) in [5.74, 6) is -4.51. The molecule has 0 aromatic heterocycles. The van der Waals surface area contributed by atoms with E-state index in [1.165, 1.54) is 0 Å². The van der Waals surface area contributed by atoms with E-state index in [2.05, 4.69) is 5.32 Å². The Morgan fingerprint density at radius 2 is 1.79 bits per heavy atom. The van der Waals surface area contributed by atoms with Gasteiger partial charge >= 0.3 is 5.97 Å². The number of ketones is 1. The van der Waals surface area contributed by atoms with Crippen LogP contribution in [0.1, 0.15) is 23.2 Å². The fraction of sp³-hybridized carbons (Fsp3) is 0.250. The summed E-state index contributed by atoms with van der Waals surface area (Å²) < 4.78 is 25.5. The number of benzene rings is 1. The van der Waals surface area contributed by atoms with E-state index in [1.807, 2.05) is 0 Å². The molecule has 2 N–H and O–H groups in total. The molecule has 1 aromatic carbocycles. The highest BCUT2D eigenvalue weighted by atomic mass is 19.2. The lowest BCUT2D eigenvalue weighted by Gasteiger charge is -2.03. The lowest BCUT2D eigenvalue weighted by molar-refractivity contribution is -0.137. The summed E-state index contributed by atoms with van der Waals surface area (Å²) in [6.45, 7) is -0.530. The van der Waals surface area contributed by atoms with E-state index in [-0.39, 0.29) is 18.4 Å². The van der Waals surface area contributed by atoms with Gasteiger partial charge in [-0.1, -0.05) is 0 Å². The quantitative estimate of drug-likeness (QED) is 0.760. The van der Waals surface area contributed by atoms with Crippen molar-refractivity contribution >= 4 is 17.7 Å². The first-order valence-corrected chi connectivity index (χ1v) is 5.37. The van der Waals surface area contributed by atoms with Crippen LogP contribution in [0.5, 0.6) is 0 Å². The molecule has 0 heterocycles. The molecule has 0 unspecified atom stereocenters. The topological polar surface area (TPSA) is 83.5 Å². The van der Waals surface area contributed by atoms with E-state index < -0.39 is 35.8 Å². The number of amides is 1. The number of hydrogen-bond donors (Lipinski definition) is 2. The lowest BCUT2D eigenvalue weighted by atomic mass is 10.1. The second-order valence-electron chi connectivity index (χ2n) is 3.72. The largest absolute Gasteiger partial charge is 0.480 e. The van der Waals surface area contributed by atoms with Gasteiger partial charge in [0.2, 0.25) is 5.91 Å². The van der Waals surface area contributed by atoms with E-state index in [9.17, 15) is 23.2 Å². The minimum Gasteiger partial charge on any atom is -0.480 e. The minimum absolute atomic E-state index is 0.0371. The van der Waals surface area contributed by atoms with Gasteiger partial charge in [0.15, 0.2) is 17.4 Å². The average molecular weight is 271 g/mol. The van der Waals surface area contributed by atoms with Gasteiger partial charge in [0.05, 0.1) is 0 Å². The summed E-state index contributed by atoms with van der Waals surface area (Å²) in [4.78, 5) is 32.9. The second kappa shape index (κ2) is 6.58. The number of carbonyl (C=O) groups is 3. The van der Waals surface area contributed by atoms with E-state index in [0.717, 1.165) is 18.2 Å². The van der Waals surface area contributed by atoms with Crippen molar-refractivity contribution in [2.75, 3.05) is 6.54 Å². The number of nitrogens with one attached hydrogen (secondary N) is 1. The van der Waals surface area contributed by atoms with Crippen LogP contribution in [-0.4, -0.2) is 29.3 Å². The van der Waals surface area contributed by atoms with Crippen molar-refractivity contribution in [2.45, 2.75) is 12.8 Å². The van der Waals surface area contributed by atoms with Crippen LogP contribution in [0.4, 0.5) is 8.78 Å². The lowest BCUT2D eigenvalue weighted by Crippen LogP contribution is -2.29. The highest BCUT2D eigenvalue weighted by molar-refractivity contribution is 5.98. The zero-order chi connectivity index (χ0) is 14.4. The van der Waals surface area contributed by atoms with Crippen LogP contribution in [0.2, 0.25) is 0 Å². The van der Waals surface area contributed by atoms with E-state index in [0.29, 0.717) is 0 Å². The van der Waals surface area contributed by atoms with Crippen LogP contribution in [-0.2, 0) is 9.59 Å². The normalized spacial score (nSPS) is 10.0. The van der Waals surface area contributed by atoms with Crippen molar-refractivity contribution in [1.82, 2.24) is 5.32 Å². The number of hydrogen-bond acceptors (Lipinski definition) is 3. The third-order valence-electron chi connectivity index (χ3n) is 2.26. The molecule has 1 amide bonds. The highest BCUT2D eigenvalue weighted by Gasteiger charge is 2.12. The van der Waals surface area contributed by atoms with Gasteiger partial charge in [-0.05, 0) is 18.2 Å². The molecule has 0 saturated carbocycles. The summed E-state index contributed by atoms with van der Waals surface area (Å²) in [7, 11) is 0. The van der Waals surface area contributed by atoms with Crippen LogP contribution in [0.25, 0.3) is 0 Å². The standard InChI is InChI=1S/C12H11F2NO4/c13-8-2-1-7(5-9(8)14)10(16)3-4-11(17)15-6-12(18)19/h1-2,5H,3-4,6H2,(H,15,17)(H,18,19). The van der Waals surface area contributed by atoms with Crippen molar-refractivity contribution in [1.29, 1.82) is 0 Å². The van der Waals surface area contributed by atoms with Crippen LogP contribution in [0, 0.1) is 11.6 Å². The van der Waals surface area contributed by atoms with Crippen LogP contribution < -0.4 is 5.32 Å². The molecule has 0 saturated heterocycles. The summed E-state index contributed by atoms with van der Waals surface area (Å²) in [6, 6.07) is 2.70. The maximum absolute atomic E-state index is 12.9. The van der Waals surface area contributed by atoms with Gasteiger partial charge in [-0.3, -0.25) is 14.4 Å². The Morgan fingerprint density at radius 1 is 1.11 bits per heavy atom. The first-order chi connectivity index (χ1) is 8.90. The SMILES string of the molecule is O=C(O)CNC(=O)CCC(=O)c1ccc(F)c(F)c1. The Bertz CT molecular complexity index is 516. The molecule has 0 aliphatic carbocycles. The van der Waals surface area contributed by atoms with E-state index in [1.54, 1.807) is 0 Å². The molecule has 0 bridgehead atoms. The number of carboxylic acid groups (broad SMARTS) is 1. The van der Waals surface area contributed by atoms with Crippen molar-refractivity contribution in [3.05, 3.63) is 35.4 Å². The molecule has 0 aliphatic heterocycles. The molecule has 5 nitrogen and oxygen atoms in total. The Hall–Kier alpha value is -2.31. The van der Waals surface area contributed by atoms with E-state index >= 15 is 0 Å². The molecule has 0 aliphatic rings. The van der Waals surface area contributed by atoms with Gasteiger partial charge in [0.1, 0.15) is 6.54 Å². The van der Waals surface area contributed by atoms with Crippen molar-refractivity contribution in [3.8, 4) is 0 Å². The predicted molar refractivity (Wildman–Crippen MR) is 60.6 cm³/mol. The number of carbonyl (C=O) groups excluding carboxylic acids is 2. The Labute approximate surface area is 107 Å². The summed E-state index contributed by atoms with van der Waals surface area (Å²) in [5, 5.41) is 10.4. The van der Waals surface area contributed by atoms with Crippen LogP contribution >= 0.6 is 0 Å². The molecule has 19 heavy (non-hydrogen) atoms. The van der Waals surface area contributed by atoms with Gasteiger partial charge in [0, 0.05) is 18.4 Å². The minimum atomic E-state index is -1.19. The average Bonchev–Trinajstić information content (AvgIpc) is 2.36. The molecule has 102 valence electrons. The number of halogens is 2. The van der Waals surface area contributed by atoms with Crippen LogP contribution in [0.3, 0.4) is 0 Å². The van der Waals surface area contributed by atoms with Crippen molar-refractivity contribution in [3.63, 3.8) is 0 Å². The first-order valence-electron chi connectivity index (χ1n) is 5.37. The molecule has 1 rings (SSSR count). The third-order valence-corrected chi connectivity index (χ3v) is 2.26. The number of Topliss-reactive ketones (excluding diaryl/α,β-unsaturated/α-hetero) is 1. The monoisotopic (exact) mass is 271 g/mol. The molecule has 0 fully saturated rings. The first kappa shape index (κ1) is 14.7. The van der Waals surface area contributed by atoms with E-state index in [4.69, 9.17) is 5.11 Å². The highest BCUT2D eigenvalue weighted by Crippen LogP contribution is 2.11. The van der Waals surface area contributed by atoms with Crippen LogP contribution in [0.15, 0.2) is 18.2 Å². The molecule has 0 radical (unpaired) electrons. The Balaban J connectivity index is 2.49. The smallest absolute Gasteiger partial charge is 0.322 e. The van der Waals surface area contributed by atoms with Gasteiger partial charge in [-0.15, -0.1) is 0 Å². The van der Waals surface area contributed by atoms with Crippen molar-refractivity contribution < 1.29 is 28.3 Å². The molecule has 7 heteroatoms. The second-order valence-corrected chi connectivity index (χ2v) is 3.72. The number of aliphatic carboxylic acids is 1. The zero-order valence-electron chi connectivity index (χ0n) is 9.78. The van der Waals surface area contributed by atoms with Crippen molar-refractivity contribution in [2.24, 2.45) is 0 Å². The predicted octanol–water partition coefficient (Wildman–Crippen LogP) is 1.13. The fourth-order valence-corrected chi connectivity index (χ4v) is 1.30. The molecule has 1 aromatic rings. The fourth-order valence-electron chi connectivity index (χ4n) is 1.30. The maximum atomic E-state index is 12.9. The summed E-state index contributed by atoms with van der Waals surface area (Å²) in [6.07, 6.45) is -0.429. The number of rotatable bonds is 6. The third kappa shape index (κ3) is 4.82. The maximum Gasteiger partial charge on any atom is 0.322 e. The molecular formula is C12H11F2NO4. The molecule has 0 atom stereocenters. The summed E-state index contributed by atoms with van der Waals surface area (Å²) >= 11 is 0. The number of carboxylic acids is 1. The molecule has 0 spiro atoms. The zero-order valence-corrected chi connectivity index (χ0v) is 9.78. The van der Waals surface area contributed by atoms with Gasteiger partial charge in [-0.2, -0.15) is 0 Å². The summed E-state index contributed by atoms with van der Waals surface area (Å²) in [5.41, 5.74) is -0.0371. The van der Waals surface area contributed by atoms with Gasteiger partial charge in [-0.25, -0.2) is 8.78 Å². The molecular weight excluding hydrogens is 260 g/mol. The van der Waals surface area contributed by atoms with Gasteiger partial charge < -0.3 is 10.4 Å². The Kier molecular flexibility index (Phi) is 5.11. The van der Waals surface area contributed by atoms with Gasteiger partial charge in [0.25, 0.3) is 0 Å². The Morgan fingerprint density at radius 3 is 2.37 bits per heavy atom.